The Bertz CT molecular complexity index is 733. The molecule has 0 amide bonds. The van der Waals surface area contributed by atoms with Crippen molar-refractivity contribution < 1.29 is 4.39 Å². The highest BCUT2D eigenvalue weighted by Crippen LogP contribution is 2.27. The van der Waals surface area contributed by atoms with E-state index in [1.165, 1.54) is 6.07 Å². The van der Waals surface area contributed by atoms with Crippen molar-refractivity contribution in [3.63, 3.8) is 0 Å². The summed E-state index contributed by atoms with van der Waals surface area (Å²) in [7, 11) is 1.80. The maximum Gasteiger partial charge on any atom is 0.149 e. The number of nitrogen functional groups attached to an aromatic ring is 1. The Morgan fingerprint density at radius 2 is 2.11 bits per heavy atom. The molecule has 18 heavy (non-hydrogen) atoms. The fourth-order valence-electron chi connectivity index (χ4n) is 2.00. The van der Waals surface area contributed by atoms with Gasteiger partial charge in [0.15, 0.2) is 0 Å². The van der Waals surface area contributed by atoms with Crippen LogP contribution >= 0.6 is 0 Å². The minimum atomic E-state index is -0.372. The van der Waals surface area contributed by atoms with Gasteiger partial charge in [-0.2, -0.15) is 5.10 Å². The molecule has 2 aromatic heterocycles. The van der Waals surface area contributed by atoms with Gasteiger partial charge in [0.05, 0.1) is 11.4 Å². The van der Waals surface area contributed by atoms with Crippen LogP contribution in [-0.4, -0.2) is 14.8 Å². The van der Waals surface area contributed by atoms with Gasteiger partial charge in [-0.05, 0) is 18.2 Å². The fraction of sp³-hybridized carbons (Fsp3) is 0.0769. The normalized spacial score (nSPS) is 11.0. The van der Waals surface area contributed by atoms with Crippen LogP contribution in [0.4, 0.5) is 10.1 Å². The van der Waals surface area contributed by atoms with Gasteiger partial charge in [-0.15, -0.1) is 0 Å². The standard InChI is InChI=1S/C13H11FN4/c1-18-12(5-6-16-18)11-7-10(15)8-3-2-4-9(14)13(8)17-11/h2-7H,1H3,(H2,15,17). The number of halogens is 1. The molecule has 0 atom stereocenters. The first-order chi connectivity index (χ1) is 8.66. The number of nitrogens with two attached hydrogens (primary N) is 1. The molecule has 4 nitrogen and oxygen atoms in total. The van der Waals surface area contributed by atoms with Crippen LogP contribution in [0.2, 0.25) is 0 Å². The molecular formula is C13H11FN4. The minimum absolute atomic E-state index is 0.286. The van der Waals surface area contributed by atoms with Gasteiger partial charge >= 0.3 is 0 Å². The molecule has 0 spiro atoms. The summed E-state index contributed by atoms with van der Waals surface area (Å²) in [6, 6.07) is 8.31. The monoisotopic (exact) mass is 242 g/mol. The molecule has 0 bridgehead atoms. The lowest BCUT2D eigenvalue weighted by Gasteiger charge is -2.07. The van der Waals surface area contributed by atoms with Crippen molar-refractivity contribution in [2.45, 2.75) is 0 Å². The van der Waals surface area contributed by atoms with Crippen molar-refractivity contribution in [2.75, 3.05) is 5.73 Å². The predicted octanol–water partition coefficient (Wildman–Crippen LogP) is 2.36. The second-order valence-electron chi connectivity index (χ2n) is 4.07. The zero-order valence-corrected chi connectivity index (χ0v) is 9.76. The van der Waals surface area contributed by atoms with E-state index >= 15 is 0 Å². The maximum absolute atomic E-state index is 13.7. The number of hydrogen-bond acceptors (Lipinski definition) is 3. The number of pyridine rings is 1. The minimum Gasteiger partial charge on any atom is -0.398 e. The van der Waals surface area contributed by atoms with Gasteiger partial charge in [0.25, 0.3) is 0 Å². The summed E-state index contributed by atoms with van der Waals surface area (Å²) in [6.07, 6.45) is 1.67. The highest BCUT2D eigenvalue weighted by molar-refractivity contribution is 5.92. The van der Waals surface area contributed by atoms with E-state index in [0.29, 0.717) is 16.8 Å². The van der Waals surface area contributed by atoms with Crippen LogP contribution in [0.1, 0.15) is 0 Å². The van der Waals surface area contributed by atoms with Crippen molar-refractivity contribution in [1.82, 2.24) is 14.8 Å². The van der Waals surface area contributed by atoms with Crippen LogP contribution in [0.25, 0.3) is 22.3 Å². The SMILES string of the molecule is Cn1nccc1-c1cc(N)c2cccc(F)c2n1. The highest BCUT2D eigenvalue weighted by Gasteiger charge is 2.10. The topological polar surface area (TPSA) is 56.7 Å². The van der Waals surface area contributed by atoms with Crippen molar-refractivity contribution in [1.29, 1.82) is 0 Å². The number of para-hydroxylation sites is 1. The van der Waals surface area contributed by atoms with Gasteiger partial charge < -0.3 is 5.73 Å². The molecule has 2 N–H and O–H groups in total. The predicted molar refractivity (Wildman–Crippen MR) is 68.3 cm³/mol. The Kier molecular flexibility index (Phi) is 2.26. The van der Waals surface area contributed by atoms with Crippen LogP contribution < -0.4 is 5.73 Å². The van der Waals surface area contributed by atoms with E-state index in [2.05, 4.69) is 10.1 Å². The third kappa shape index (κ3) is 1.52. The van der Waals surface area contributed by atoms with Crippen molar-refractivity contribution in [2.24, 2.45) is 7.05 Å². The van der Waals surface area contributed by atoms with Gasteiger partial charge in [0.2, 0.25) is 0 Å². The zero-order valence-electron chi connectivity index (χ0n) is 9.76. The zero-order chi connectivity index (χ0) is 12.7. The van der Waals surface area contributed by atoms with Gasteiger partial charge in [-0.1, -0.05) is 12.1 Å². The van der Waals surface area contributed by atoms with Gasteiger partial charge in [0.1, 0.15) is 11.3 Å². The quantitative estimate of drug-likeness (QED) is 0.712. The lowest BCUT2D eigenvalue weighted by molar-refractivity contribution is 0.637. The number of benzene rings is 1. The largest absolute Gasteiger partial charge is 0.398 e. The molecule has 0 aliphatic heterocycles. The van der Waals surface area contributed by atoms with E-state index in [-0.39, 0.29) is 11.3 Å². The maximum atomic E-state index is 13.7. The van der Waals surface area contributed by atoms with E-state index in [4.69, 9.17) is 5.73 Å². The Hall–Kier alpha value is -2.43. The van der Waals surface area contributed by atoms with E-state index in [1.54, 1.807) is 36.1 Å². The lowest BCUT2D eigenvalue weighted by atomic mass is 10.1. The second-order valence-corrected chi connectivity index (χ2v) is 4.07. The smallest absolute Gasteiger partial charge is 0.149 e. The second kappa shape index (κ2) is 3.80. The Labute approximate surface area is 103 Å². The average molecular weight is 242 g/mol. The molecule has 2 heterocycles. The molecule has 5 heteroatoms. The fourth-order valence-corrected chi connectivity index (χ4v) is 2.00. The van der Waals surface area contributed by atoms with Gasteiger partial charge in [0, 0.05) is 24.3 Å². The number of hydrogen-bond donors (Lipinski definition) is 1. The van der Waals surface area contributed by atoms with E-state index < -0.39 is 0 Å². The summed E-state index contributed by atoms with van der Waals surface area (Å²) in [6.45, 7) is 0. The van der Waals surface area contributed by atoms with Crippen LogP contribution in [0.3, 0.4) is 0 Å². The first-order valence-corrected chi connectivity index (χ1v) is 5.50. The van der Waals surface area contributed by atoms with Crippen LogP contribution in [0.5, 0.6) is 0 Å². The summed E-state index contributed by atoms with van der Waals surface area (Å²) >= 11 is 0. The molecule has 1 aromatic carbocycles. The summed E-state index contributed by atoms with van der Waals surface area (Å²) in [4.78, 5) is 4.32. The molecule has 90 valence electrons. The molecule has 0 fully saturated rings. The highest BCUT2D eigenvalue weighted by atomic mass is 19.1. The number of nitrogens with zero attached hydrogens (tertiary/aromatic N) is 3. The summed E-state index contributed by atoms with van der Waals surface area (Å²) in [5, 5.41) is 4.69. The molecule has 0 saturated carbocycles. The first-order valence-electron chi connectivity index (χ1n) is 5.50. The van der Waals surface area contributed by atoms with Crippen molar-refractivity contribution >= 4 is 16.6 Å². The van der Waals surface area contributed by atoms with Crippen molar-refractivity contribution in [3.8, 4) is 11.4 Å². The van der Waals surface area contributed by atoms with Crippen LogP contribution in [-0.2, 0) is 7.05 Å². The summed E-state index contributed by atoms with van der Waals surface area (Å²) < 4.78 is 15.4. The summed E-state index contributed by atoms with van der Waals surface area (Å²) in [5.74, 6) is -0.372. The molecule has 0 radical (unpaired) electrons. The Morgan fingerprint density at radius 3 is 2.83 bits per heavy atom. The molecular weight excluding hydrogens is 231 g/mol. The lowest BCUT2D eigenvalue weighted by Crippen LogP contribution is -1.98. The third-order valence-electron chi connectivity index (χ3n) is 2.91. The summed E-state index contributed by atoms with van der Waals surface area (Å²) in [5.41, 5.74) is 8.16. The third-order valence-corrected chi connectivity index (χ3v) is 2.91. The number of anilines is 1. The Balaban J connectivity index is 2.34. The molecule has 0 saturated heterocycles. The number of rotatable bonds is 1. The Morgan fingerprint density at radius 1 is 1.28 bits per heavy atom. The number of aryl methyl sites for hydroxylation is 1. The molecule has 3 rings (SSSR count). The van der Waals surface area contributed by atoms with Gasteiger partial charge in [-0.3, -0.25) is 4.68 Å². The number of aromatic nitrogens is 3. The first kappa shape index (κ1) is 10.7. The van der Waals surface area contributed by atoms with E-state index in [0.717, 1.165) is 5.69 Å². The molecule has 0 aliphatic rings. The van der Waals surface area contributed by atoms with Crippen molar-refractivity contribution in [3.05, 3.63) is 42.3 Å². The van der Waals surface area contributed by atoms with Crippen LogP contribution in [0.15, 0.2) is 36.5 Å². The van der Waals surface area contributed by atoms with Crippen LogP contribution in [0, 0.1) is 5.82 Å². The molecule has 0 unspecified atom stereocenters. The van der Waals surface area contributed by atoms with E-state index in [1.807, 2.05) is 6.07 Å². The molecule has 3 aromatic rings. The molecule has 0 aliphatic carbocycles. The van der Waals surface area contributed by atoms with Gasteiger partial charge in [-0.25, -0.2) is 9.37 Å². The van der Waals surface area contributed by atoms with E-state index in [9.17, 15) is 4.39 Å². The number of fused-ring (bicyclic) bond motifs is 1. The average Bonchev–Trinajstić information content (AvgIpc) is 2.77.